The molecule has 1 aliphatic carbocycles. The fraction of sp³-hybridized carbons (Fsp3) is 0.600. The zero-order valence-corrected chi connectivity index (χ0v) is 15.6. The van der Waals surface area contributed by atoms with Crippen LogP contribution in [0.4, 0.5) is 5.69 Å². The monoisotopic (exact) mass is 360 g/mol. The Kier molecular flexibility index (Phi) is 6.01. The summed E-state index contributed by atoms with van der Waals surface area (Å²) in [6.07, 6.45) is 4.34. The molecule has 1 amide bonds. The lowest BCUT2D eigenvalue weighted by Gasteiger charge is -2.24. The smallest absolute Gasteiger partial charge is 0.329 e. The topological polar surface area (TPSA) is 67.9 Å². The average molecular weight is 360 g/mol. The highest BCUT2D eigenvalue weighted by Crippen LogP contribution is 2.34. The van der Waals surface area contributed by atoms with Crippen molar-refractivity contribution in [3.8, 4) is 5.75 Å². The number of carbonyl (C=O) groups excluding carboxylic acids is 2. The van der Waals surface area contributed by atoms with Crippen molar-refractivity contribution >= 4 is 17.6 Å². The number of carbonyl (C=O) groups is 2. The van der Waals surface area contributed by atoms with Gasteiger partial charge >= 0.3 is 5.97 Å². The number of benzene rings is 1. The van der Waals surface area contributed by atoms with Crippen molar-refractivity contribution in [1.82, 2.24) is 4.90 Å². The van der Waals surface area contributed by atoms with Crippen LogP contribution in [0.15, 0.2) is 24.3 Å². The fourth-order valence-corrected chi connectivity index (χ4v) is 3.29. The first kappa shape index (κ1) is 18.5. The third kappa shape index (κ3) is 4.90. The predicted octanol–water partition coefficient (Wildman–Crippen LogP) is 2.83. The van der Waals surface area contributed by atoms with E-state index in [1.54, 1.807) is 18.9 Å². The molecule has 1 aromatic carbocycles. The molecule has 0 aromatic heterocycles. The van der Waals surface area contributed by atoms with E-state index in [2.05, 4.69) is 5.32 Å². The second-order valence-corrected chi connectivity index (χ2v) is 7.22. The van der Waals surface area contributed by atoms with Gasteiger partial charge in [0.15, 0.2) is 6.10 Å². The van der Waals surface area contributed by atoms with Gasteiger partial charge in [0.1, 0.15) is 11.8 Å². The molecule has 0 radical (unpaired) electrons. The lowest BCUT2D eigenvalue weighted by molar-refractivity contribution is -0.159. The van der Waals surface area contributed by atoms with Gasteiger partial charge in [0.2, 0.25) is 0 Å². The van der Waals surface area contributed by atoms with E-state index in [-0.39, 0.29) is 11.9 Å². The fourth-order valence-electron chi connectivity index (χ4n) is 3.29. The van der Waals surface area contributed by atoms with Crippen molar-refractivity contribution in [2.75, 3.05) is 25.5 Å². The van der Waals surface area contributed by atoms with Crippen molar-refractivity contribution in [2.45, 2.75) is 51.2 Å². The van der Waals surface area contributed by atoms with E-state index in [1.165, 1.54) is 0 Å². The van der Waals surface area contributed by atoms with Gasteiger partial charge < -0.3 is 19.7 Å². The number of methoxy groups -OCH3 is 1. The van der Waals surface area contributed by atoms with Crippen LogP contribution in [0.5, 0.6) is 5.75 Å². The van der Waals surface area contributed by atoms with E-state index in [4.69, 9.17) is 9.47 Å². The van der Waals surface area contributed by atoms with Gasteiger partial charge in [-0.3, -0.25) is 4.79 Å². The van der Waals surface area contributed by atoms with E-state index in [9.17, 15) is 9.59 Å². The van der Waals surface area contributed by atoms with Crippen molar-refractivity contribution < 1.29 is 19.1 Å². The number of esters is 1. The molecular formula is C20H28N2O4. The minimum absolute atomic E-state index is 0.0922. The van der Waals surface area contributed by atoms with Crippen LogP contribution >= 0.6 is 0 Å². The van der Waals surface area contributed by atoms with Gasteiger partial charge in [-0.1, -0.05) is 12.8 Å². The van der Waals surface area contributed by atoms with Crippen LogP contribution in [0.25, 0.3) is 0 Å². The summed E-state index contributed by atoms with van der Waals surface area (Å²) in [5.41, 5.74) is 0.840. The van der Waals surface area contributed by atoms with Gasteiger partial charge in [-0.25, -0.2) is 4.79 Å². The molecule has 1 saturated carbocycles. The normalized spacial score (nSPS) is 18.9. The molecule has 1 heterocycles. The Bertz CT molecular complexity index is 621. The second kappa shape index (κ2) is 8.43. The Hall–Kier alpha value is -2.24. The van der Waals surface area contributed by atoms with Gasteiger partial charge in [-0.15, -0.1) is 0 Å². The van der Waals surface area contributed by atoms with Crippen molar-refractivity contribution in [2.24, 2.45) is 5.92 Å². The highest BCUT2D eigenvalue weighted by Gasteiger charge is 2.33. The number of anilines is 1. The lowest BCUT2D eigenvalue weighted by Crippen LogP contribution is -2.41. The molecular weight excluding hydrogens is 332 g/mol. The summed E-state index contributed by atoms with van der Waals surface area (Å²) in [6, 6.07) is 7.02. The number of nitrogens with zero attached hydrogens (tertiary/aromatic N) is 1. The molecule has 6 nitrogen and oxygen atoms in total. The van der Waals surface area contributed by atoms with Gasteiger partial charge in [0.05, 0.1) is 7.11 Å². The standard InChI is InChI=1S/C20H28N2O4/c1-14(19(23)22-11-3-4-12-22)26-20(24)18(13-15-5-6-15)21-16-7-9-17(25-2)10-8-16/h7-10,14-15,18,21H,3-6,11-13H2,1-2H3/t14-,18+/m0/s1. The molecule has 2 aliphatic rings. The third-order valence-corrected chi connectivity index (χ3v) is 5.04. The van der Waals surface area contributed by atoms with E-state index < -0.39 is 12.1 Å². The molecule has 26 heavy (non-hydrogen) atoms. The summed E-state index contributed by atoms with van der Waals surface area (Å²) in [4.78, 5) is 26.8. The van der Waals surface area contributed by atoms with Gasteiger partial charge in [0, 0.05) is 18.8 Å². The number of rotatable bonds is 8. The first-order valence-electron chi connectivity index (χ1n) is 9.46. The summed E-state index contributed by atoms with van der Waals surface area (Å²) in [6.45, 7) is 3.19. The minimum atomic E-state index is -0.736. The maximum absolute atomic E-state index is 12.7. The largest absolute Gasteiger partial charge is 0.497 e. The maximum atomic E-state index is 12.7. The summed E-state index contributed by atoms with van der Waals surface area (Å²) in [7, 11) is 1.62. The SMILES string of the molecule is COc1ccc(N[C@H](CC2CC2)C(=O)O[C@@H](C)C(=O)N2CCCC2)cc1. The highest BCUT2D eigenvalue weighted by atomic mass is 16.5. The Morgan fingerprint density at radius 1 is 1.19 bits per heavy atom. The van der Waals surface area contributed by atoms with Crippen LogP contribution in [-0.2, 0) is 14.3 Å². The summed E-state index contributed by atoms with van der Waals surface area (Å²) >= 11 is 0. The summed E-state index contributed by atoms with van der Waals surface area (Å²) in [5.74, 6) is 0.878. The molecule has 2 atom stereocenters. The molecule has 1 N–H and O–H groups in total. The zero-order chi connectivity index (χ0) is 18.5. The predicted molar refractivity (Wildman–Crippen MR) is 99.1 cm³/mol. The quantitative estimate of drug-likeness (QED) is 0.722. The number of hydrogen-bond acceptors (Lipinski definition) is 5. The molecule has 0 spiro atoms. The van der Waals surface area contributed by atoms with E-state index in [1.807, 2.05) is 24.3 Å². The number of nitrogens with one attached hydrogen (secondary N) is 1. The van der Waals surface area contributed by atoms with Crippen molar-refractivity contribution in [3.05, 3.63) is 24.3 Å². The first-order chi connectivity index (χ1) is 12.6. The highest BCUT2D eigenvalue weighted by molar-refractivity contribution is 5.86. The van der Waals surface area contributed by atoms with Crippen LogP contribution in [0.1, 0.15) is 39.0 Å². The lowest BCUT2D eigenvalue weighted by atomic mass is 10.1. The van der Waals surface area contributed by atoms with Crippen molar-refractivity contribution in [1.29, 1.82) is 0 Å². The molecule has 0 unspecified atom stereocenters. The number of likely N-dealkylation sites (tertiary alicyclic amines) is 1. The third-order valence-electron chi connectivity index (χ3n) is 5.04. The Balaban J connectivity index is 1.59. The second-order valence-electron chi connectivity index (χ2n) is 7.22. The van der Waals surface area contributed by atoms with Gasteiger partial charge in [-0.05, 0) is 56.4 Å². The maximum Gasteiger partial charge on any atom is 0.329 e. The molecule has 1 saturated heterocycles. The van der Waals surface area contributed by atoms with Crippen LogP contribution in [0.2, 0.25) is 0 Å². The first-order valence-corrected chi connectivity index (χ1v) is 9.46. The van der Waals surface area contributed by atoms with Crippen LogP contribution in [0, 0.1) is 5.92 Å². The minimum Gasteiger partial charge on any atom is -0.497 e. The number of amides is 1. The zero-order valence-electron chi connectivity index (χ0n) is 15.6. The summed E-state index contributed by atoms with van der Waals surface area (Å²) < 4.78 is 10.7. The molecule has 2 fully saturated rings. The van der Waals surface area contributed by atoms with E-state index in [0.717, 1.165) is 56.6 Å². The van der Waals surface area contributed by atoms with Crippen molar-refractivity contribution in [3.63, 3.8) is 0 Å². The van der Waals surface area contributed by atoms with Crippen LogP contribution in [0.3, 0.4) is 0 Å². The molecule has 1 aromatic rings. The Morgan fingerprint density at radius 3 is 2.42 bits per heavy atom. The van der Waals surface area contributed by atoms with E-state index >= 15 is 0 Å². The van der Waals surface area contributed by atoms with Gasteiger partial charge in [0.25, 0.3) is 5.91 Å². The van der Waals surface area contributed by atoms with E-state index in [0.29, 0.717) is 5.92 Å². The molecule has 142 valence electrons. The molecule has 1 aliphatic heterocycles. The van der Waals surface area contributed by atoms with Crippen LogP contribution in [-0.4, -0.2) is 49.1 Å². The Labute approximate surface area is 154 Å². The number of hydrogen-bond donors (Lipinski definition) is 1. The van der Waals surface area contributed by atoms with Crippen LogP contribution < -0.4 is 10.1 Å². The Morgan fingerprint density at radius 2 is 1.85 bits per heavy atom. The molecule has 3 rings (SSSR count). The molecule has 6 heteroatoms. The number of ether oxygens (including phenoxy) is 2. The average Bonchev–Trinajstić information content (AvgIpc) is 3.30. The molecule has 0 bridgehead atoms. The van der Waals surface area contributed by atoms with Gasteiger partial charge in [-0.2, -0.15) is 0 Å². The summed E-state index contributed by atoms with van der Waals surface area (Å²) in [5, 5.41) is 3.26.